The number of benzene rings is 1. The van der Waals surface area contributed by atoms with Gasteiger partial charge in [0, 0.05) is 32.7 Å². The van der Waals surface area contributed by atoms with Crippen molar-refractivity contribution in [2.75, 3.05) is 65.9 Å². The summed E-state index contributed by atoms with van der Waals surface area (Å²) in [6.07, 6.45) is 2.42. The second-order valence-corrected chi connectivity index (χ2v) is 9.77. The number of piperazine rings is 1. The predicted octanol–water partition coefficient (Wildman–Crippen LogP) is 0.879. The molecule has 0 radical (unpaired) electrons. The number of hydrogen-bond acceptors (Lipinski definition) is 9. The van der Waals surface area contributed by atoms with Gasteiger partial charge in [-0.25, -0.2) is 15.0 Å². The van der Waals surface area contributed by atoms with E-state index in [1.807, 2.05) is 18.2 Å². The zero-order chi connectivity index (χ0) is 22.6. The maximum absolute atomic E-state index is 11.9. The maximum Gasteiger partial charge on any atom is 0.228 e. The lowest BCUT2D eigenvalue weighted by molar-refractivity contribution is -0.118. The summed E-state index contributed by atoms with van der Waals surface area (Å²) in [4.78, 5) is 35.9. The summed E-state index contributed by atoms with van der Waals surface area (Å²) in [6, 6.07) is 10.1. The van der Waals surface area contributed by atoms with Gasteiger partial charge >= 0.3 is 0 Å². The second kappa shape index (κ2) is 9.75. The smallest absolute Gasteiger partial charge is 0.228 e. The number of carbonyl (C=O) groups is 1. The number of hydrogen-bond donors (Lipinski definition) is 1. The number of aromatic nitrogens is 4. The first-order valence-electron chi connectivity index (χ1n) is 11.1. The lowest BCUT2D eigenvalue weighted by Crippen LogP contribution is -2.46. The lowest BCUT2D eigenvalue weighted by Gasteiger charge is -2.34. The second-order valence-electron chi connectivity index (χ2n) is 8.07. The molecule has 11 heteroatoms. The minimum atomic E-state index is -0.791. The number of nitrogens with one attached hydrogen (secondary N) is 1. The van der Waals surface area contributed by atoms with Gasteiger partial charge in [0.25, 0.3) is 0 Å². The Morgan fingerprint density at radius 3 is 2.42 bits per heavy atom. The van der Waals surface area contributed by atoms with Crippen LogP contribution in [-0.4, -0.2) is 86.6 Å². The molecular weight excluding hydrogens is 440 g/mol. The molecule has 4 heterocycles. The van der Waals surface area contributed by atoms with Crippen molar-refractivity contribution in [2.24, 2.45) is 0 Å². The van der Waals surface area contributed by atoms with Gasteiger partial charge in [-0.05, 0) is 5.56 Å². The lowest BCUT2D eigenvalue weighted by atomic mass is 10.2. The zero-order valence-electron chi connectivity index (χ0n) is 18.3. The largest absolute Gasteiger partial charge is 0.616 e. The van der Waals surface area contributed by atoms with Crippen LogP contribution in [0.1, 0.15) is 5.56 Å². The van der Waals surface area contributed by atoms with Crippen molar-refractivity contribution < 1.29 is 9.35 Å². The summed E-state index contributed by atoms with van der Waals surface area (Å²) in [7, 11) is 0. The molecule has 3 aromatic rings. The van der Waals surface area contributed by atoms with Crippen LogP contribution in [0.4, 0.5) is 17.6 Å². The van der Waals surface area contributed by atoms with Gasteiger partial charge in [-0.3, -0.25) is 4.79 Å². The highest BCUT2D eigenvalue weighted by Crippen LogP contribution is 2.29. The SMILES string of the molecule is O=CN1CCN(c2nc(N3CC[S+]([O-])CC3)c3ncnc(NCc4ccccc4)c3n2)CC1. The molecule has 0 aliphatic carbocycles. The summed E-state index contributed by atoms with van der Waals surface area (Å²) in [5.74, 6) is 3.23. The molecule has 0 saturated carbocycles. The van der Waals surface area contributed by atoms with Crippen LogP contribution in [0.5, 0.6) is 0 Å². The van der Waals surface area contributed by atoms with Crippen molar-refractivity contribution in [2.45, 2.75) is 6.54 Å². The summed E-state index contributed by atoms with van der Waals surface area (Å²) >= 11 is -0.791. The number of nitrogens with zero attached hydrogens (tertiary/aromatic N) is 7. The number of amides is 1. The highest BCUT2D eigenvalue weighted by atomic mass is 32.2. The molecule has 172 valence electrons. The third-order valence-electron chi connectivity index (χ3n) is 5.98. The van der Waals surface area contributed by atoms with Crippen molar-refractivity contribution in [1.82, 2.24) is 24.8 Å². The summed E-state index contributed by atoms with van der Waals surface area (Å²) in [5.41, 5.74) is 2.49. The van der Waals surface area contributed by atoms with Gasteiger partial charge in [-0.15, -0.1) is 0 Å². The fourth-order valence-corrected chi connectivity index (χ4v) is 5.12. The Balaban J connectivity index is 1.51. The standard InChI is InChI=1S/C22H26N8O2S/c31-16-28-6-8-30(9-7-28)22-26-18-19(21(27-22)29-10-12-33(32)13-11-29)24-15-25-20(18)23-14-17-4-2-1-3-5-17/h1-5,15-16H,6-14H2,(H,23,24,25). The van der Waals surface area contributed by atoms with E-state index < -0.39 is 11.2 Å². The minimum absolute atomic E-state index is 0.604. The van der Waals surface area contributed by atoms with Gasteiger partial charge in [-0.1, -0.05) is 41.5 Å². The summed E-state index contributed by atoms with van der Waals surface area (Å²) in [6.45, 7) is 4.52. The van der Waals surface area contributed by atoms with Crippen LogP contribution in [0.25, 0.3) is 11.0 Å². The first-order chi connectivity index (χ1) is 16.2. The van der Waals surface area contributed by atoms with Gasteiger partial charge in [-0.2, -0.15) is 4.98 Å². The van der Waals surface area contributed by atoms with Crippen LogP contribution >= 0.6 is 0 Å². The van der Waals surface area contributed by atoms with Gasteiger partial charge in [0.1, 0.15) is 28.9 Å². The van der Waals surface area contributed by atoms with E-state index in [2.05, 4.69) is 37.2 Å². The van der Waals surface area contributed by atoms with Gasteiger partial charge < -0.3 is 24.6 Å². The molecule has 2 fully saturated rings. The molecule has 10 nitrogen and oxygen atoms in total. The molecule has 2 aliphatic rings. The number of anilines is 3. The monoisotopic (exact) mass is 466 g/mol. The van der Waals surface area contributed by atoms with E-state index in [0.29, 0.717) is 80.1 Å². The van der Waals surface area contributed by atoms with Gasteiger partial charge in [0.2, 0.25) is 12.4 Å². The molecule has 5 rings (SSSR count). The van der Waals surface area contributed by atoms with Gasteiger partial charge in [0.15, 0.2) is 11.6 Å². The Morgan fingerprint density at radius 2 is 1.70 bits per heavy atom. The minimum Gasteiger partial charge on any atom is -0.616 e. The molecule has 2 saturated heterocycles. The predicted molar refractivity (Wildman–Crippen MR) is 129 cm³/mol. The van der Waals surface area contributed by atoms with Crippen LogP contribution < -0.4 is 15.1 Å². The topological polar surface area (TPSA) is 113 Å². The summed E-state index contributed by atoms with van der Waals surface area (Å²) < 4.78 is 11.9. The first-order valence-corrected chi connectivity index (χ1v) is 12.5. The van der Waals surface area contributed by atoms with E-state index in [1.54, 1.807) is 4.90 Å². The Morgan fingerprint density at radius 1 is 0.939 bits per heavy atom. The molecule has 33 heavy (non-hydrogen) atoms. The Hall–Kier alpha value is -3.18. The molecule has 1 aromatic carbocycles. The fraction of sp³-hybridized carbons (Fsp3) is 0.409. The van der Waals surface area contributed by atoms with Crippen molar-refractivity contribution in [3.63, 3.8) is 0 Å². The number of rotatable bonds is 6. The van der Waals surface area contributed by atoms with Crippen molar-refractivity contribution >= 4 is 46.2 Å². The Labute approximate surface area is 195 Å². The molecule has 2 aromatic heterocycles. The quantitative estimate of drug-likeness (QED) is 0.418. The summed E-state index contributed by atoms with van der Waals surface area (Å²) in [5, 5.41) is 3.41. The molecule has 0 bridgehead atoms. The van der Waals surface area contributed by atoms with Crippen molar-refractivity contribution in [3.8, 4) is 0 Å². The van der Waals surface area contributed by atoms with E-state index in [1.165, 1.54) is 6.33 Å². The highest BCUT2D eigenvalue weighted by molar-refractivity contribution is 7.91. The van der Waals surface area contributed by atoms with Crippen LogP contribution in [0.2, 0.25) is 0 Å². The van der Waals surface area contributed by atoms with Crippen LogP contribution in [0.3, 0.4) is 0 Å². The third kappa shape index (κ3) is 4.79. The van der Waals surface area contributed by atoms with E-state index in [-0.39, 0.29) is 0 Å². The average Bonchev–Trinajstić information content (AvgIpc) is 2.88. The Bertz CT molecular complexity index is 1100. The van der Waals surface area contributed by atoms with Crippen molar-refractivity contribution in [3.05, 3.63) is 42.2 Å². The molecule has 0 unspecified atom stereocenters. The number of carbonyl (C=O) groups excluding carboxylic acids is 1. The molecule has 0 spiro atoms. The Kier molecular flexibility index (Phi) is 6.40. The molecule has 1 amide bonds. The normalized spacial score (nSPS) is 17.4. The molecule has 1 N–H and O–H groups in total. The number of fused-ring (bicyclic) bond motifs is 1. The van der Waals surface area contributed by atoms with E-state index >= 15 is 0 Å². The maximum atomic E-state index is 11.9. The first kappa shape index (κ1) is 21.7. The highest BCUT2D eigenvalue weighted by Gasteiger charge is 2.27. The van der Waals surface area contributed by atoms with Gasteiger partial charge in [0.05, 0.1) is 13.1 Å². The zero-order valence-corrected chi connectivity index (χ0v) is 19.1. The average molecular weight is 467 g/mol. The molecular formula is C22H26N8O2S. The van der Waals surface area contributed by atoms with E-state index in [9.17, 15) is 9.35 Å². The van der Waals surface area contributed by atoms with Crippen LogP contribution in [-0.2, 0) is 22.5 Å². The molecule has 0 atom stereocenters. The third-order valence-corrected chi connectivity index (χ3v) is 7.25. The van der Waals surface area contributed by atoms with Crippen molar-refractivity contribution in [1.29, 1.82) is 0 Å². The molecule has 2 aliphatic heterocycles. The van der Waals surface area contributed by atoms with Crippen LogP contribution in [0.15, 0.2) is 36.7 Å². The van der Waals surface area contributed by atoms with E-state index in [0.717, 1.165) is 17.8 Å². The van der Waals surface area contributed by atoms with E-state index in [4.69, 9.17) is 9.97 Å². The van der Waals surface area contributed by atoms with Crippen LogP contribution in [0, 0.1) is 0 Å². The fourth-order valence-electron chi connectivity index (χ4n) is 4.07.